The molecule has 0 aromatic heterocycles. The molecule has 412 valence electrons. The number of unbranched alkanes of at least 4 members (excludes halogenated alkanes) is 35. The predicted molar refractivity (Wildman–Crippen MR) is 288 cm³/mol. The number of hydrogen-bond acceptors (Lipinski definition) is 10. The van der Waals surface area contributed by atoms with Crippen molar-refractivity contribution in [3.05, 3.63) is 24.3 Å². The molecule has 1 rings (SSSR count). The highest BCUT2D eigenvalue weighted by Gasteiger charge is 2.44. The van der Waals surface area contributed by atoms with E-state index in [4.69, 9.17) is 14.2 Å². The summed E-state index contributed by atoms with van der Waals surface area (Å²) in [5.41, 5.74) is 0. The Morgan fingerprint density at radius 2 is 0.929 bits per heavy atom. The Labute approximate surface area is 429 Å². The number of esters is 1. The number of amides is 1. The molecule has 0 aromatic rings. The third-order valence-electron chi connectivity index (χ3n) is 14.1. The van der Waals surface area contributed by atoms with Gasteiger partial charge in [-0.15, -0.1) is 0 Å². The van der Waals surface area contributed by atoms with Gasteiger partial charge in [0.1, 0.15) is 24.4 Å². The van der Waals surface area contributed by atoms with Gasteiger partial charge in [0.2, 0.25) is 5.91 Å². The van der Waals surface area contributed by atoms with E-state index in [9.17, 15) is 35.1 Å². The number of ether oxygens (including phenoxy) is 3. The Morgan fingerprint density at radius 1 is 0.514 bits per heavy atom. The third-order valence-corrected chi connectivity index (χ3v) is 14.1. The first-order valence-corrected chi connectivity index (χ1v) is 29.6. The Kier molecular flexibility index (Phi) is 46.6. The fourth-order valence-corrected chi connectivity index (χ4v) is 9.33. The first-order chi connectivity index (χ1) is 34.2. The minimum Gasteiger partial charge on any atom is -0.466 e. The largest absolute Gasteiger partial charge is 0.466 e. The highest BCUT2D eigenvalue weighted by molar-refractivity contribution is 5.76. The molecule has 0 radical (unpaired) electrons. The van der Waals surface area contributed by atoms with Crippen molar-refractivity contribution in [1.82, 2.24) is 5.32 Å². The summed E-state index contributed by atoms with van der Waals surface area (Å²) in [7, 11) is 0. The lowest BCUT2D eigenvalue weighted by molar-refractivity contribution is -0.302. The van der Waals surface area contributed by atoms with Crippen molar-refractivity contribution in [2.75, 3.05) is 19.8 Å². The van der Waals surface area contributed by atoms with Crippen molar-refractivity contribution >= 4 is 11.9 Å². The second-order valence-corrected chi connectivity index (χ2v) is 20.7. The number of carbonyl (C=O) groups is 2. The minimum absolute atomic E-state index is 0.00659. The standard InChI is InChI=1S/C59H111NO10/c1-3-5-7-9-11-13-15-26-29-33-37-41-45-52(62)51(50-69-59-58(67)57(66)56(65)53(49-61)70-59)60-54(63)46-42-38-34-30-27-23-21-19-17-16-18-20-22-24-28-32-36-40-44-48-68-55(64)47-43-39-35-31-25-14-12-10-8-6-4-2/h26,29,41,45,51-53,56-59,61-62,65-67H,3-25,27-28,30-40,42-44,46-50H2,1-2H3,(H,60,63)/b29-26+,45-41+. The van der Waals surface area contributed by atoms with Gasteiger partial charge in [-0.05, 0) is 44.9 Å². The summed E-state index contributed by atoms with van der Waals surface area (Å²) in [4.78, 5) is 25.0. The molecule has 7 atom stereocenters. The van der Waals surface area contributed by atoms with Crippen LogP contribution >= 0.6 is 0 Å². The smallest absolute Gasteiger partial charge is 0.305 e. The molecule has 0 spiro atoms. The van der Waals surface area contributed by atoms with Crippen molar-refractivity contribution in [2.45, 2.75) is 320 Å². The summed E-state index contributed by atoms with van der Waals surface area (Å²) in [5, 5.41) is 54.3. The lowest BCUT2D eigenvalue weighted by Crippen LogP contribution is -2.60. The highest BCUT2D eigenvalue weighted by Crippen LogP contribution is 2.23. The number of allylic oxidation sites excluding steroid dienone is 3. The Balaban J connectivity index is 2.08. The van der Waals surface area contributed by atoms with E-state index in [-0.39, 0.29) is 18.5 Å². The van der Waals surface area contributed by atoms with E-state index in [0.717, 1.165) is 64.2 Å². The van der Waals surface area contributed by atoms with Gasteiger partial charge in [-0.3, -0.25) is 9.59 Å². The summed E-state index contributed by atoms with van der Waals surface area (Å²) >= 11 is 0. The molecule has 11 nitrogen and oxygen atoms in total. The number of aliphatic hydroxyl groups is 5. The van der Waals surface area contributed by atoms with Crippen LogP contribution in [0.3, 0.4) is 0 Å². The van der Waals surface area contributed by atoms with Gasteiger partial charge in [0.15, 0.2) is 6.29 Å². The van der Waals surface area contributed by atoms with E-state index in [1.165, 1.54) is 186 Å². The topological polar surface area (TPSA) is 175 Å². The van der Waals surface area contributed by atoms with Crippen LogP contribution in [-0.4, -0.2) is 100 Å². The maximum atomic E-state index is 13.0. The molecule has 0 saturated carbocycles. The molecule has 1 heterocycles. The van der Waals surface area contributed by atoms with Crippen LogP contribution in [-0.2, 0) is 23.8 Å². The molecule has 1 aliphatic heterocycles. The van der Waals surface area contributed by atoms with Crippen LogP contribution in [0.15, 0.2) is 24.3 Å². The normalized spacial score (nSPS) is 19.3. The fraction of sp³-hybridized carbons (Fsp3) is 0.898. The molecule has 0 aromatic carbocycles. The number of rotatable bonds is 51. The lowest BCUT2D eigenvalue weighted by Gasteiger charge is -2.40. The van der Waals surface area contributed by atoms with E-state index in [1.54, 1.807) is 6.08 Å². The molecule has 11 heteroatoms. The summed E-state index contributed by atoms with van der Waals surface area (Å²) in [6.45, 7) is 4.31. The van der Waals surface area contributed by atoms with Crippen LogP contribution in [0.2, 0.25) is 0 Å². The van der Waals surface area contributed by atoms with Crippen LogP contribution in [0, 0.1) is 0 Å². The second-order valence-electron chi connectivity index (χ2n) is 20.7. The van der Waals surface area contributed by atoms with Crippen LogP contribution in [0.25, 0.3) is 0 Å². The van der Waals surface area contributed by atoms with Gasteiger partial charge in [-0.25, -0.2) is 0 Å². The predicted octanol–water partition coefficient (Wildman–Crippen LogP) is 13.3. The molecule has 1 aliphatic rings. The van der Waals surface area contributed by atoms with Crippen molar-refractivity contribution in [1.29, 1.82) is 0 Å². The van der Waals surface area contributed by atoms with Crippen molar-refractivity contribution in [2.24, 2.45) is 0 Å². The molecular formula is C59H111NO10. The zero-order valence-corrected chi connectivity index (χ0v) is 45.2. The second kappa shape index (κ2) is 49.4. The number of nitrogens with one attached hydrogen (secondary N) is 1. The van der Waals surface area contributed by atoms with E-state index >= 15 is 0 Å². The molecule has 0 aliphatic carbocycles. The number of aliphatic hydroxyl groups excluding tert-OH is 5. The van der Waals surface area contributed by atoms with Gasteiger partial charge in [-0.2, -0.15) is 0 Å². The zero-order valence-electron chi connectivity index (χ0n) is 45.2. The number of carbonyl (C=O) groups excluding carboxylic acids is 2. The third kappa shape index (κ3) is 38.7. The van der Waals surface area contributed by atoms with Crippen LogP contribution in [0.4, 0.5) is 0 Å². The van der Waals surface area contributed by atoms with Crippen molar-refractivity contribution < 1.29 is 49.3 Å². The van der Waals surface area contributed by atoms with Gasteiger partial charge < -0.3 is 45.1 Å². The zero-order chi connectivity index (χ0) is 51.0. The quantitative estimate of drug-likeness (QED) is 0.0195. The maximum Gasteiger partial charge on any atom is 0.305 e. The van der Waals surface area contributed by atoms with Gasteiger partial charge >= 0.3 is 5.97 Å². The summed E-state index contributed by atoms with van der Waals surface area (Å²) in [6, 6.07) is -0.828. The fourth-order valence-electron chi connectivity index (χ4n) is 9.33. The SMILES string of the molecule is CCCCCCCC/C=C/CC/C=C/C(O)C(COC1OC(CO)C(O)C(O)C1O)NC(=O)CCCCCCCCCCCCCCCCCCCCCOC(=O)CCCCCCCCCCCCC. The van der Waals surface area contributed by atoms with Gasteiger partial charge in [0.05, 0.1) is 32.0 Å². The molecule has 1 saturated heterocycles. The first-order valence-electron chi connectivity index (χ1n) is 29.6. The number of hydrogen-bond donors (Lipinski definition) is 6. The monoisotopic (exact) mass is 994 g/mol. The van der Waals surface area contributed by atoms with Gasteiger partial charge in [0.25, 0.3) is 0 Å². The molecule has 6 N–H and O–H groups in total. The summed E-state index contributed by atoms with van der Waals surface area (Å²) < 4.78 is 16.7. The van der Waals surface area contributed by atoms with Crippen LogP contribution in [0.5, 0.6) is 0 Å². The van der Waals surface area contributed by atoms with Gasteiger partial charge in [0, 0.05) is 12.8 Å². The Bertz CT molecular complexity index is 1220. The van der Waals surface area contributed by atoms with Crippen molar-refractivity contribution in [3.63, 3.8) is 0 Å². The van der Waals surface area contributed by atoms with E-state index in [2.05, 4.69) is 31.3 Å². The Morgan fingerprint density at radius 3 is 1.41 bits per heavy atom. The molecular weight excluding hydrogens is 883 g/mol. The lowest BCUT2D eigenvalue weighted by atomic mass is 9.99. The first kappa shape index (κ1) is 66.2. The van der Waals surface area contributed by atoms with Crippen LogP contribution in [0.1, 0.15) is 277 Å². The molecule has 7 unspecified atom stereocenters. The van der Waals surface area contributed by atoms with Gasteiger partial charge in [-0.1, -0.05) is 244 Å². The minimum atomic E-state index is -1.58. The highest BCUT2D eigenvalue weighted by atomic mass is 16.7. The molecule has 70 heavy (non-hydrogen) atoms. The molecule has 1 fully saturated rings. The summed E-state index contributed by atoms with van der Waals surface area (Å²) in [5.74, 6) is -0.201. The average molecular weight is 995 g/mol. The maximum absolute atomic E-state index is 13.0. The molecule has 0 bridgehead atoms. The van der Waals surface area contributed by atoms with E-state index < -0.39 is 49.5 Å². The van der Waals surface area contributed by atoms with Crippen LogP contribution < -0.4 is 5.32 Å². The Hall–Kier alpha value is -1.86. The van der Waals surface area contributed by atoms with E-state index in [1.807, 2.05) is 6.08 Å². The summed E-state index contributed by atoms with van der Waals surface area (Å²) in [6.07, 6.45) is 48.4. The van der Waals surface area contributed by atoms with E-state index in [0.29, 0.717) is 19.4 Å². The van der Waals surface area contributed by atoms with Crippen molar-refractivity contribution in [3.8, 4) is 0 Å². The molecule has 1 amide bonds. The average Bonchev–Trinajstić information content (AvgIpc) is 3.36.